The highest BCUT2D eigenvalue weighted by Gasteiger charge is 2.15. The van der Waals surface area contributed by atoms with Gasteiger partial charge in [0.25, 0.3) is 0 Å². The molecule has 2 N–H and O–H groups in total. The first-order chi connectivity index (χ1) is 16.4. The summed E-state index contributed by atoms with van der Waals surface area (Å²) in [7, 11) is 0. The fourth-order valence-corrected chi connectivity index (χ4v) is 3.28. The van der Waals surface area contributed by atoms with Crippen molar-refractivity contribution in [2.24, 2.45) is 5.10 Å². The Bertz CT molecular complexity index is 1210. The van der Waals surface area contributed by atoms with Gasteiger partial charge in [-0.1, -0.05) is 53.0 Å². The van der Waals surface area contributed by atoms with Gasteiger partial charge in [0.1, 0.15) is 6.61 Å². The van der Waals surface area contributed by atoms with Crippen LogP contribution in [0.4, 0.5) is 5.69 Å². The number of hydrogen-bond donors (Lipinski definition) is 2. The Balaban J connectivity index is 1.61. The number of rotatable bonds is 8. The van der Waals surface area contributed by atoms with Crippen LogP contribution in [0.2, 0.25) is 10.0 Å². The minimum absolute atomic E-state index is 0.223. The van der Waals surface area contributed by atoms with Crippen molar-refractivity contribution in [1.82, 2.24) is 5.43 Å². The number of amides is 2. The number of nitrogens with zero attached hydrogens (tertiary/aromatic N) is 1. The van der Waals surface area contributed by atoms with Gasteiger partial charge in [-0.3, -0.25) is 9.59 Å². The lowest BCUT2D eigenvalue weighted by Crippen LogP contribution is -2.32. The van der Waals surface area contributed by atoms with E-state index in [1.807, 2.05) is 32.0 Å². The molecule has 0 fully saturated rings. The second-order valence-corrected chi connectivity index (χ2v) is 8.04. The van der Waals surface area contributed by atoms with Gasteiger partial charge < -0.3 is 14.8 Å². The number of ether oxygens (including phenoxy) is 2. The minimum Gasteiger partial charge on any atom is -0.490 e. The Labute approximate surface area is 207 Å². The third-order valence-corrected chi connectivity index (χ3v) is 5.07. The van der Waals surface area contributed by atoms with Crippen molar-refractivity contribution in [3.05, 3.63) is 87.4 Å². The quantitative estimate of drug-likeness (QED) is 0.247. The van der Waals surface area contributed by atoms with Crippen molar-refractivity contribution < 1.29 is 19.1 Å². The first-order valence-electron chi connectivity index (χ1n) is 10.4. The van der Waals surface area contributed by atoms with Crippen molar-refractivity contribution in [2.75, 3.05) is 11.9 Å². The number of aryl methyl sites for hydroxylation is 1. The lowest BCUT2D eigenvalue weighted by Gasteiger charge is -2.13. The van der Waals surface area contributed by atoms with Crippen LogP contribution in [-0.4, -0.2) is 24.6 Å². The molecule has 0 aliphatic carbocycles. The highest BCUT2D eigenvalue weighted by Crippen LogP contribution is 2.29. The molecule has 9 heteroatoms. The third-order valence-electron chi connectivity index (χ3n) is 4.51. The molecule has 0 aliphatic rings. The van der Waals surface area contributed by atoms with E-state index in [9.17, 15) is 9.59 Å². The van der Waals surface area contributed by atoms with Gasteiger partial charge in [0.05, 0.1) is 23.5 Å². The Hall–Kier alpha value is -3.55. The van der Waals surface area contributed by atoms with Crippen LogP contribution < -0.4 is 20.2 Å². The normalized spacial score (nSPS) is 10.7. The van der Waals surface area contributed by atoms with E-state index in [0.717, 1.165) is 11.1 Å². The van der Waals surface area contributed by atoms with Gasteiger partial charge in [0.2, 0.25) is 0 Å². The molecule has 0 atom stereocenters. The SMILES string of the molecule is CCOc1cc(C=NNC(=O)C(=O)Nc2cc(Cl)ccc2Cl)ccc1OCc1cccc(C)c1. The van der Waals surface area contributed by atoms with E-state index in [1.165, 1.54) is 18.3 Å². The van der Waals surface area contributed by atoms with E-state index in [1.54, 1.807) is 24.3 Å². The summed E-state index contributed by atoms with van der Waals surface area (Å²) in [6, 6.07) is 17.8. The molecule has 0 heterocycles. The van der Waals surface area contributed by atoms with Crippen molar-refractivity contribution in [1.29, 1.82) is 0 Å². The molecule has 0 radical (unpaired) electrons. The van der Waals surface area contributed by atoms with Crippen LogP contribution in [0.5, 0.6) is 11.5 Å². The highest BCUT2D eigenvalue weighted by atomic mass is 35.5. The fourth-order valence-electron chi connectivity index (χ4n) is 2.94. The van der Waals surface area contributed by atoms with E-state index in [0.29, 0.717) is 35.3 Å². The molecule has 7 nitrogen and oxygen atoms in total. The zero-order valence-corrected chi connectivity index (χ0v) is 20.1. The van der Waals surface area contributed by atoms with Gasteiger partial charge in [-0.25, -0.2) is 5.43 Å². The van der Waals surface area contributed by atoms with Crippen molar-refractivity contribution in [2.45, 2.75) is 20.5 Å². The number of hydrazone groups is 1. The molecule has 0 unspecified atom stereocenters. The van der Waals surface area contributed by atoms with Crippen LogP contribution in [0.15, 0.2) is 65.8 Å². The summed E-state index contributed by atoms with van der Waals surface area (Å²) in [5.74, 6) is -0.771. The number of carbonyl (C=O) groups is 2. The Kier molecular flexibility index (Phi) is 8.90. The number of carbonyl (C=O) groups excluding carboxylic acids is 2. The molecule has 3 rings (SSSR count). The molecule has 0 bridgehead atoms. The largest absolute Gasteiger partial charge is 0.490 e. The molecule has 34 heavy (non-hydrogen) atoms. The van der Waals surface area contributed by atoms with Crippen molar-refractivity contribution in [3.63, 3.8) is 0 Å². The lowest BCUT2D eigenvalue weighted by molar-refractivity contribution is -0.136. The van der Waals surface area contributed by atoms with Gasteiger partial charge in [-0.15, -0.1) is 0 Å². The highest BCUT2D eigenvalue weighted by molar-refractivity contribution is 6.42. The molecule has 0 saturated carbocycles. The van der Waals surface area contributed by atoms with Gasteiger partial charge in [0.15, 0.2) is 11.5 Å². The van der Waals surface area contributed by atoms with E-state index >= 15 is 0 Å². The molecular formula is C25H23Cl2N3O4. The smallest absolute Gasteiger partial charge is 0.329 e. The standard InChI is InChI=1S/C25H23Cl2N3O4/c1-3-33-23-12-17(7-10-22(23)34-15-18-6-4-5-16(2)11-18)14-28-30-25(32)24(31)29-21-13-19(26)8-9-20(21)27/h4-14H,3,15H2,1-2H3,(H,29,31)(H,30,32). The fraction of sp³-hybridized carbons (Fsp3) is 0.160. The van der Waals surface area contributed by atoms with E-state index in [4.69, 9.17) is 32.7 Å². The number of benzene rings is 3. The summed E-state index contributed by atoms with van der Waals surface area (Å²) in [5, 5.41) is 6.85. The lowest BCUT2D eigenvalue weighted by atomic mass is 10.1. The topological polar surface area (TPSA) is 89.0 Å². The average Bonchev–Trinajstić information content (AvgIpc) is 2.81. The maximum absolute atomic E-state index is 12.1. The summed E-state index contributed by atoms with van der Waals surface area (Å²) < 4.78 is 11.6. The zero-order chi connectivity index (χ0) is 24.5. The zero-order valence-electron chi connectivity index (χ0n) is 18.6. The van der Waals surface area contributed by atoms with Crippen LogP contribution in [-0.2, 0) is 16.2 Å². The minimum atomic E-state index is -0.963. The monoisotopic (exact) mass is 499 g/mol. The van der Waals surface area contributed by atoms with Crippen LogP contribution >= 0.6 is 23.2 Å². The van der Waals surface area contributed by atoms with Gasteiger partial charge >= 0.3 is 11.8 Å². The van der Waals surface area contributed by atoms with Gasteiger partial charge in [-0.2, -0.15) is 5.10 Å². The summed E-state index contributed by atoms with van der Waals surface area (Å²) in [4.78, 5) is 24.1. The van der Waals surface area contributed by atoms with Gasteiger partial charge in [0, 0.05) is 5.02 Å². The molecule has 0 aromatic heterocycles. The Morgan fingerprint density at radius 3 is 2.56 bits per heavy atom. The summed E-state index contributed by atoms with van der Waals surface area (Å²) >= 11 is 11.9. The van der Waals surface area contributed by atoms with Crippen molar-refractivity contribution >= 4 is 46.9 Å². The van der Waals surface area contributed by atoms with E-state index < -0.39 is 11.8 Å². The molecule has 176 valence electrons. The Morgan fingerprint density at radius 1 is 0.971 bits per heavy atom. The molecule has 0 saturated heterocycles. The second-order valence-electron chi connectivity index (χ2n) is 7.19. The van der Waals surface area contributed by atoms with Gasteiger partial charge in [-0.05, 0) is 61.4 Å². The van der Waals surface area contributed by atoms with Crippen molar-refractivity contribution in [3.8, 4) is 11.5 Å². The summed E-state index contributed by atoms with van der Waals surface area (Å²) in [6.45, 7) is 4.75. The van der Waals surface area contributed by atoms with E-state index in [-0.39, 0.29) is 10.7 Å². The molecule has 0 aliphatic heterocycles. The average molecular weight is 500 g/mol. The predicted octanol–water partition coefficient (Wildman–Crippen LogP) is 5.37. The van der Waals surface area contributed by atoms with E-state index in [2.05, 4.69) is 21.9 Å². The predicted molar refractivity (Wildman–Crippen MR) is 134 cm³/mol. The molecule has 3 aromatic carbocycles. The van der Waals surface area contributed by atoms with Crippen LogP contribution in [0, 0.1) is 6.92 Å². The first-order valence-corrected chi connectivity index (χ1v) is 11.2. The van der Waals surface area contributed by atoms with Crippen LogP contribution in [0.25, 0.3) is 0 Å². The molecule has 2 amide bonds. The summed E-state index contributed by atoms with van der Waals surface area (Å²) in [5.41, 5.74) is 5.25. The number of hydrogen-bond acceptors (Lipinski definition) is 5. The number of anilines is 1. The third kappa shape index (κ3) is 7.23. The second kappa shape index (κ2) is 12.1. The first kappa shape index (κ1) is 25.1. The van der Waals surface area contributed by atoms with Crippen LogP contribution in [0.1, 0.15) is 23.6 Å². The van der Waals surface area contributed by atoms with Crippen LogP contribution in [0.3, 0.4) is 0 Å². The molecular weight excluding hydrogens is 477 g/mol. The Morgan fingerprint density at radius 2 is 1.79 bits per heavy atom. The number of halogens is 2. The number of nitrogens with one attached hydrogen (secondary N) is 2. The molecule has 0 spiro atoms. The molecule has 3 aromatic rings. The summed E-state index contributed by atoms with van der Waals surface area (Å²) in [6.07, 6.45) is 1.39. The maximum Gasteiger partial charge on any atom is 0.329 e. The maximum atomic E-state index is 12.1.